The maximum Gasteiger partial charge on any atom is 0.261 e. The van der Waals surface area contributed by atoms with Gasteiger partial charge in [0.2, 0.25) is 0 Å². The molecule has 1 saturated heterocycles. The number of hydrogen-bond donors (Lipinski definition) is 1. The number of likely N-dealkylation sites (tertiary alicyclic amines) is 1. The van der Waals surface area contributed by atoms with Crippen LogP contribution in [0.2, 0.25) is 0 Å². The number of benzene rings is 1. The number of methoxy groups -OCH3 is 1. The van der Waals surface area contributed by atoms with Crippen LogP contribution in [0.3, 0.4) is 0 Å². The third-order valence-electron chi connectivity index (χ3n) is 5.85. The van der Waals surface area contributed by atoms with E-state index in [1.165, 1.54) is 4.90 Å². The zero-order valence-electron chi connectivity index (χ0n) is 19.3. The molecule has 2 aliphatic heterocycles. The Hall–Kier alpha value is -2.45. The lowest BCUT2D eigenvalue weighted by Gasteiger charge is -2.34. The first-order valence-electron chi connectivity index (χ1n) is 11.7. The van der Waals surface area contributed by atoms with Crippen molar-refractivity contribution >= 4 is 17.8 Å². The van der Waals surface area contributed by atoms with Gasteiger partial charge in [0.25, 0.3) is 11.8 Å². The second-order valence-electron chi connectivity index (χ2n) is 8.15. The van der Waals surface area contributed by atoms with Crippen molar-refractivity contribution in [2.45, 2.75) is 45.1 Å². The first-order chi connectivity index (χ1) is 15.7. The van der Waals surface area contributed by atoms with Crippen LogP contribution < -0.4 is 5.32 Å². The third kappa shape index (κ3) is 6.29. The number of guanidine groups is 1. The first kappa shape index (κ1) is 24.2. The monoisotopic (exact) mass is 444 g/mol. The topological polar surface area (TPSA) is 83.5 Å². The van der Waals surface area contributed by atoms with Crippen molar-refractivity contribution in [1.29, 1.82) is 0 Å². The lowest BCUT2D eigenvalue weighted by molar-refractivity contribution is 0.00990. The van der Waals surface area contributed by atoms with Crippen molar-refractivity contribution in [2.75, 3.05) is 53.0 Å². The van der Waals surface area contributed by atoms with Gasteiger partial charge < -0.3 is 19.7 Å². The fraction of sp³-hybridized carbons (Fsp3) is 0.625. The number of carbonyl (C=O) groups is 2. The number of imide groups is 1. The highest BCUT2D eigenvalue weighted by atomic mass is 16.5. The number of fused-ring (bicyclic) bond motifs is 1. The standard InChI is InChI=1S/C24H36N4O4/c1-3-25-24(27-15-11-19(12-16-27)32-18-8-17-31-2)26-13-6-7-14-28-22(29)20-9-4-5-10-21(20)23(28)30/h4-5,9-10,19H,3,6-8,11-18H2,1-2H3,(H,25,26). The summed E-state index contributed by atoms with van der Waals surface area (Å²) >= 11 is 0. The second-order valence-corrected chi connectivity index (χ2v) is 8.15. The number of amides is 2. The minimum atomic E-state index is -0.185. The molecule has 8 nitrogen and oxygen atoms in total. The number of ether oxygens (including phenoxy) is 2. The summed E-state index contributed by atoms with van der Waals surface area (Å²) < 4.78 is 11.0. The zero-order chi connectivity index (χ0) is 22.8. The number of carbonyl (C=O) groups excluding carboxylic acids is 2. The van der Waals surface area contributed by atoms with Gasteiger partial charge in [-0.15, -0.1) is 0 Å². The van der Waals surface area contributed by atoms with Gasteiger partial charge in [0, 0.05) is 53.0 Å². The Balaban J connectivity index is 1.40. The molecule has 2 heterocycles. The van der Waals surface area contributed by atoms with Gasteiger partial charge in [0.15, 0.2) is 5.96 Å². The maximum atomic E-state index is 12.4. The Kier molecular flexibility index (Phi) is 9.49. The van der Waals surface area contributed by atoms with Crippen LogP contribution in [0.5, 0.6) is 0 Å². The molecule has 3 rings (SSSR count). The second kappa shape index (κ2) is 12.6. The van der Waals surface area contributed by atoms with Gasteiger partial charge in [-0.2, -0.15) is 0 Å². The van der Waals surface area contributed by atoms with Crippen LogP contribution in [0.1, 0.15) is 59.7 Å². The Morgan fingerprint density at radius 2 is 1.75 bits per heavy atom. The Morgan fingerprint density at radius 3 is 2.38 bits per heavy atom. The zero-order valence-corrected chi connectivity index (χ0v) is 19.3. The molecule has 0 aromatic heterocycles. The summed E-state index contributed by atoms with van der Waals surface area (Å²) in [5, 5.41) is 3.39. The highest BCUT2D eigenvalue weighted by molar-refractivity contribution is 6.21. The van der Waals surface area contributed by atoms with Crippen LogP contribution in [0.4, 0.5) is 0 Å². The molecule has 2 amide bonds. The minimum absolute atomic E-state index is 0.185. The molecular weight excluding hydrogens is 408 g/mol. The van der Waals surface area contributed by atoms with Crippen molar-refractivity contribution in [1.82, 2.24) is 15.1 Å². The number of aliphatic imine (C=N–C) groups is 1. The van der Waals surface area contributed by atoms with E-state index in [9.17, 15) is 9.59 Å². The molecule has 0 unspecified atom stereocenters. The molecule has 32 heavy (non-hydrogen) atoms. The van der Waals surface area contributed by atoms with Gasteiger partial charge >= 0.3 is 0 Å². The lowest BCUT2D eigenvalue weighted by atomic mass is 10.1. The molecule has 1 aromatic carbocycles. The fourth-order valence-corrected chi connectivity index (χ4v) is 4.12. The average molecular weight is 445 g/mol. The van der Waals surface area contributed by atoms with E-state index in [2.05, 4.69) is 17.1 Å². The number of hydrogen-bond acceptors (Lipinski definition) is 5. The highest BCUT2D eigenvalue weighted by Crippen LogP contribution is 2.22. The van der Waals surface area contributed by atoms with E-state index in [0.717, 1.165) is 70.9 Å². The van der Waals surface area contributed by atoms with Crippen LogP contribution in [0.15, 0.2) is 29.3 Å². The lowest BCUT2D eigenvalue weighted by Crippen LogP contribution is -2.47. The number of unbranched alkanes of at least 4 members (excludes halogenated alkanes) is 1. The summed E-state index contributed by atoms with van der Waals surface area (Å²) in [6.45, 7) is 7.34. The Labute approximate surface area is 191 Å². The van der Waals surface area contributed by atoms with Gasteiger partial charge in [0.1, 0.15) is 0 Å². The van der Waals surface area contributed by atoms with Gasteiger partial charge in [0.05, 0.1) is 17.2 Å². The van der Waals surface area contributed by atoms with Gasteiger partial charge in [-0.3, -0.25) is 19.5 Å². The fourth-order valence-electron chi connectivity index (χ4n) is 4.12. The van der Waals surface area contributed by atoms with Crippen molar-refractivity contribution in [2.24, 2.45) is 4.99 Å². The third-order valence-corrected chi connectivity index (χ3v) is 5.85. The molecule has 0 atom stereocenters. The van der Waals surface area contributed by atoms with Crippen LogP contribution in [0.25, 0.3) is 0 Å². The van der Waals surface area contributed by atoms with E-state index in [1.54, 1.807) is 31.4 Å². The summed E-state index contributed by atoms with van der Waals surface area (Å²) in [7, 11) is 1.71. The number of nitrogens with one attached hydrogen (secondary N) is 1. The predicted molar refractivity (Wildman–Crippen MR) is 124 cm³/mol. The number of nitrogens with zero attached hydrogens (tertiary/aromatic N) is 3. The van der Waals surface area contributed by atoms with Crippen molar-refractivity contribution in [3.05, 3.63) is 35.4 Å². The Bertz CT molecular complexity index is 755. The van der Waals surface area contributed by atoms with Crippen LogP contribution >= 0.6 is 0 Å². The van der Waals surface area contributed by atoms with Crippen LogP contribution in [-0.2, 0) is 9.47 Å². The molecule has 1 N–H and O–H groups in total. The number of rotatable bonds is 11. The molecule has 0 radical (unpaired) electrons. The predicted octanol–water partition coefficient (Wildman–Crippen LogP) is 2.55. The quantitative estimate of drug-likeness (QED) is 0.244. The largest absolute Gasteiger partial charge is 0.385 e. The van der Waals surface area contributed by atoms with Crippen molar-refractivity contribution in [3.63, 3.8) is 0 Å². The molecule has 0 bridgehead atoms. The minimum Gasteiger partial charge on any atom is -0.385 e. The summed E-state index contributed by atoms with van der Waals surface area (Å²) in [6.07, 6.45) is 4.80. The van der Waals surface area contributed by atoms with E-state index in [0.29, 0.717) is 30.3 Å². The molecule has 0 aliphatic carbocycles. The van der Waals surface area contributed by atoms with Gasteiger partial charge in [-0.05, 0) is 51.2 Å². The molecule has 0 saturated carbocycles. The summed E-state index contributed by atoms with van der Waals surface area (Å²) in [6, 6.07) is 7.02. The van der Waals surface area contributed by atoms with Gasteiger partial charge in [-0.1, -0.05) is 12.1 Å². The first-order valence-corrected chi connectivity index (χ1v) is 11.7. The SMILES string of the molecule is CCNC(=NCCCCN1C(=O)c2ccccc2C1=O)N1CCC(OCCCOC)CC1. The summed E-state index contributed by atoms with van der Waals surface area (Å²) in [5.74, 6) is 0.565. The van der Waals surface area contributed by atoms with Crippen LogP contribution in [0, 0.1) is 0 Å². The average Bonchev–Trinajstić information content (AvgIpc) is 3.06. The molecular formula is C24H36N4O4. The smallest absolute Gasteiger partial charge is 0.261 e. The molecule has 8 heteroatoms. The molecule has 176 valence electrons. The maximum absolute atomic E-state index is 12.4. The normalized spacial score (nSPS) is 17.2. The number of piperidine rings is 1. The van der Waals surface area contributed by atoms with Crippen molar-refractivity contribution < 1.29 is 19.1 Å². The molecule has 2 aliphatic rings. The molecule has 0 spiro atoms. The van der Waals surface area contributed by atoms with Crippen LogP contribution in [-0.4, -0.2) is 86.7 Å². The van der Waals surface area contributed by atoms with E-state index in [1.807, 2.05) is 0 Å². The van der Waals surface area contributed by atoms with Crippen molar-refractivity contribution in [3.8, 4) is 0 Å². The Morgan fingerprint density at radius 1 is 1.06 bits per heavy atom. The molecule has 1 fully saturated rings. The van der Waals surface area contributed by atoms with E-state index in [-0.39, 0.29) is 11.8 Å². The van der Waals surface area contributed by atoms with E-state index < -0.39 is 0 Å². The highest BCUT2D eigenvalue weighted by Gasteiger charge is 2.34. The van der Waals surface area contributed by atoms with E-state index in [4.69, 9.17) is 14.5 Å². The summed E-state index contributed by atoms with van der Waals surface area (Å²) in [5.41, 5.74) is 1.02. The molecule has 1 aromatic rings. The van der Waals surface area contributed by atoms with Gasteiger partial charge in [-0.25, -0.2) is 0 Å². The summed E-state index contributed by atoms with van der Waals surface area (Å²) in [4.78, 5) is 33.3. The van der Waals surface area contributed by atoms with E-state index >= 15 is 0 Å².